The Bertz CT molecular complexity index is 1550. The van der Waals surface area contributed by atoms with Gasteiger partial charge in [-0.25, -0.2) is 23.7 Å². The van der Waals surface area contributed by atoms with Gasteiger partial charge in [0.05, 0.1) is 12.7 Å². The maximum Gasteiger partial charge on any atom is 0.459 e. The number of benzene rings is 1. The molecule has 2 aromatic heterocycles. The van der Waals surface area contributed by atoms with E-state index in [2.05, 4.69) is 15.1 Å². The molecule has 1 saturated heterocycles. The Morgan fingerprint density at radius 2 is 1.88 bits per heavy atom. The topological polar surface area (TPSA) is 184 Å². The van der Waals surface area contributed by atoms with Gasteiger partial charge in [-0.3, -0.25) is 23.7 Å². The second-order valence-electron chi connectivity index (χ2n) is 9.96. The van der Waals surface area contributed by atoms with Crippen molar-refractivity contribution in [2.24, 2.45) is 0 Å². The molecule has 226 valence electrons. The molecule has 0 aliphatic carbocycles. The summed E-state index contributed by atoms with van der Waals surface area (Å²) in [5.41, 5.74) is -3.52. The lowest BCUT2D eigenvalue weighted by Gasteiger charge is -2.25. The molecule has 0 radical (unpaired) electrons. The Hall–Kier alpha value is -3.75. The van der Waals surface area contributed by atoms with Gasteiger partial charge < -0.3 is 19.1 Å². The second kappa shape index (κ2) is 12.6. The third-order valence-electron chi connectivity index (χ3n) is 6.19. The zero-order valence-electron chi connectivity index (χ0n) is 23.2. The number of carbonyl (C=O) groups is 1. The summed E-state index contributed by atoms with van der Waals surface area (Å²) in [5, 5.41) is 13.2. The number of esters is 1. The normalized spacial score (nSPS) is 24.2. The molecule has 1 aromatic carbocycles. The minimum absolute atomic E-state index is 0.0795. The van der Waals surface area contributed by atoms with Crippen LogP contribution in [0.2, 0.25) is 0 Å². The largest absolute Gasteiger partial charge is 0.462 e. The van der Waals surface area contributed by atoms with Gasteiger partial charge in [0.2, 0.25) is 0 Å². The van der Waals surface area contributed by atoms with Crippen LogP contribution in [0.25, 0.3) is 11.4 Å². The average molecular weight is 608 g/mol. The maximum absolute atomic E-state index is 15.6. The van der Waals surface area contributed by atoms with Crippen molar-refractivity contribution in [3.05, 3.63) is 75.8 Å². The highest BCUT2D eigenvalue weighted by Gasteiger charge is 2.56. The van der Waals surface area contributed by atoms with Gasteiger partial charge in [0, 0.05) is 30.2 Å². The molecule has 1 aliphatic rings. The number of aliphatic hydroxyl groups excluding tert-OH is 1. The van der Waals surface area contributed by atoms with E-state index in [1.807, 2.05) is 4.98 Å². The molecular formula is C26H31FN5O9P. The molecule has 1 aliphatic heterocycles. The fraction of sp³-hybridized carbons (Fsp3) is 0.423. The van der Waals surface area contributed by atoms with Crippen LogP contribution in [0.5, 0.6) is 5.75 Å². The number of aromatic amines is 1. The number of nitrogens with one attached hydrogen (secondary N) is 2. The minimum Gasteiger partial charge on any atom is -0.462 e. The first kappa shape index (κ1) is 31.2. The van der Waals surface area contributed by atoms with E-state index in [0.717, 1.165) is 23.8 Å². The van der Waals surface area contributed by atoms with Crippen molar-refractivity contribution in [2.45, 2.75) is 63.9 Å². The van der Waals surface area contributed by atoms with Crippen molar-refractivity contribution in [3.63, 3.8) is 0 Å². The number of hydrogen-bond donors (Lipinski definition) is 3. The number of aliphatic hydroxyl groups is 1. The number of aromatic nitrogens is 4. The number of halogens is 1. The monoisotopic (exact) mass is 607 g/mol. The van der Waals surface area contributed by atoms with E-state index in [0.29, 0.717) is 11.4 Å². The summed E-state index contributed by atoms with van der Waals surface area (Å²) < 4.78 is 52.2. The fourth-order valence-electron chi connectivity index (χ4n) is 4.10. The average Bonchev–Trinajstić information content (AvgIpc) is 3.16. The molecule has 0 bridgehead atoms. The lowest BCUT2D eigenvalue weighted by atomic mass is 9.98. The smallest absolute Gasteiger partial charge is 0.459 e. The van der Waals surface area contributed by atoms with Gasteiger partial charge in [0.1, 0.15) is 24.0 Å². The summed E-state index contributed by atoms with van der Waals surface area (Å²) in [6, 6.07) is 7.71. The van der Waals surface area contributed by atoms with Crippen LogP contribution in [0.3, 0.4) is 0 Å². The molecule has 0 amide bonds. The van der Waals surface area contributed by atoms with Gasteiger partial charge in [-0.1, -0.05) is 0 Å². The number of ether oxygens (including phenoxy) is 2. The van der Waals surface area contributed by atoms with Gasteiger partial charge in [-0.05, 0) is 58.0 Å². The van der Waals surface area contributed by atoms with Gasteiger partial charge in [0.25, 0.3) is 5.56 Å². The number of rotatable bonds is 11. The molecule has 1 unspecified atom stereocenters. The van der Waals surface area contributed by atoms with E-state index >= 15 is 4.39 Å². The van der Waals surface area contributed by atoms with Crippen molar-refractivity contribution in [1.29, 1.82) is 0 Å². The number of H-pyrrole nitrogens is 1. The summed E-state index contributed by atoms with van der Waals surface area (Å²) in [5.74, 6) is -0.208. The zero-order valence-corrected chi connectivity index (χ0v) is 24.1. The number of alkyl halides is 1. The van der Waals surface area contributed by atoms with Gasteiger partial charge >= 0.3 is 19.4 Å². The summed E-state index contributed by atoms with van der Waals surface area (Å²) >= 11 is 0. The molecule has 3 heterocycles. The Morgan fingerprint density at radius 3 is 2.50 bits per heavy atom. The molecule has 6 atom stereocenters. The molecule has 16 heteroatoms. The molecular weight excluding hydrogens is 576 g/mol. The van der Waals surface area contributed by atoms with E-state index in [1.54, 1.807) is 44.4 Å². The van der Waals surface area contributed by atoms with Crippen LogP contribution >= 0.6 is 7.75 Å². The van der Waals surface area contributed by atoms with Gasteiger partial charge in [0.15, 0.2) is 17.7 Å². The minimum atomic E-state index is -4.42. The fourth-order valence-corrected chi connectivity index (χ4v) is 5.60. The van der Waals surface area contributed by atoms with Crippen molar-refractivity contribution in [3.8, 4) is 17.1 Å². The zero-order chi connectivity index (χ0) is 30.7. The first-order chi connectivity index (χ1) is 19.8. The predicted molar refractivity (Wildman–Crippen MR) is 146 cm³/mol. The highest BCUT2D eigenvalue weighted by atomic mass is 31.2. The summed E-state index contributed by atoms with van der Waals surface area (Å²) in [4.78, 5) is 46.4. The summed E-state index contributed by atoms with van der Waals surface area (Å²) in [7, 11) is -4.42. The molecule has 42 heavy (non-hydrogen) atoms. The van der Waals surface area contributed by atoms with Crippen molar-refractivity contribution >= 4 is 13.7 Å². The van der Waals surface area contributed by atoms with E-state index < -0.39 is 67.8 Å². The molecule has 3 N–H and O–H groups in total. The summed E-state index contributed by atoms with van der Waals surface area (Å²) in [6.45, 7) is 5.01. The Labute approximate surface area is 239 Å². The maximum atomic E-state index is 15.6. The van der Waals surface area contributed by atoms with Crippen molar-refractivity contribution in [1.82, 2.24) is 24.6 Å². The van der Waals surface area contributed by atoms with E-state index in [-0.39, 0.29) is 5.75 Å². The van der Waals surface area contributed by atoms with Gasteiger partial charge in [-0.2, -0.15) is 5.09 Å². The third kappa shape index (κ3) is 7.17. The molecule has 14 nitrogen and oxygen atoms in total. The molecule has 1 fully saturated rings. The van der Waals surface area contributed by atoms with Crippen molar-refractivity contribution in [2.75, 3.05) is 6.61 Å². The van der Waals surface area contributed by atoms with Crippen LogP contribution in [0, 0.1) is 0 Å². The van der Waals surface area contributed by atoms with E-state index in [4.69, 9.17) is 18.5 Å². The molecule has 4 rings (SSSR count). The predicted octanol–water partition coefficient (Wildman–Crippen LogP) is 2.11. The SMILES string of the molecule is CC(C)OC(=O)[C@H](C)NP(=O)(OC[C@H]1O[C@@H](n2ccc(=O)[nH]c2=O)[C@](C)(F)[C@@H]1O)Oc1ccc(-c2ncccn2)cc1. The lowest BCUT2D eigenvalue weighted by molar-refractivity contribution is -0.149. The van der Waals surface area contributed by atoms with Crippen LogP contribution in [0.15, 0.2) is 64.6 Å². The second-order valence-corrected chi connectivity index (χ2v) is 11.7. The number of hydrogen-bond acceptors (Lipinski definition) is 11. The first-order valence-electron chi connectivity index (χ1n) is 12.9. The number of carbonyl (C=O) groups excluding carboxylic acids is 1. The van der Waals surface area contributed by atoms with Crippen LogP contribution in [-0.2, 0) is 23.4 Å². The third-order valence-corrected chi connectivity index (χ3v) is 7.83. The van der Waals surface area contributed by atoms with Gasteiger partial charge in [-0.15, -0.1) is 0 Å². The summed E-state index contributed by atoms with van der Waals surface area (Å²) in [6.07, 6.45) is -1.19. The molecule has 3 aromatic rings. The Morgan fingerprint density at radius 1 is 1.21 bits per heavy atom. The highest BCUT2D eigenvalue weighted by molar-refractivity contribution is 7.52. The van der Waals surface area contributed by atoms with Crippen molar-refractivity contribution < 1.29 is 37.4 Å². The quantitative estimate of drug-likeness (QED) is 0.213. The van der Waals surface area contributed by atoms with Crippen LogP contribution in [-0.4, -0.2) is 67.2 Å². The number of nitrogens with zero attached hydrogens (tertiary/aromatic N) is 3. The van der Waals surface area contributed by atoms with Crippen LogP contribution in [0.1, 0.15) is 33.9 Å². The Balaban J connectivity index is 1.54. The molecule has 0 saturated carbocycles. The van der Waals surface area contributed by atoms with Crippen LogP contribution in [0.4, 0.5) is 4.39 Å². The lowest BCUT2D eigenvalue weighted by Crippen LogP contribution is -2.43. The van der Waals surface area contributed by atoms with Crippen LogP contribution < -0.4 is 20.9 Å². The molecule has 0 spiro atoms. The Kier molecular flexibility index (Phi) is 9.38. The first-order valence-corrected chi connectivity index (χ1v) is 14.5. The van der Waals surface area contributed by atoms with E-state index in [9.17, 15) is 24.1 Å². The van der Waals surface area contributed by atoms with E-state index in [1.165, 1.54) is 19.1 Å². The highest BCUT2D eigenvalue weighted by Crippen LogP contribution is 2.47. The standard InChI is InChI=1S/C26H31FN5O9P/c1-15(2)39-23(35)16(3)31-42(37,41-18-8-6-17(7-9-18)22-28-11-5-12-29-22)38-14-19-21(34)26(4,27)24(40-19)32-13-10-20(33)30-25(32)36/h5-13,15-16,19,21,24,34H,14H2,1-4H3,(H,31,37)(H,30,33,36)/t16-,19+,21+,24+,26+,42?/m0/s1.